The fourth-order valence-electron chi connectivity index (χ4n) is 3.47. The van der Waals surface area contributed by atoms with Gasteiger partial charge in [0.2, 0.25) is 5.91 Å². The molecule has 3 aromatic rings. The van der Waals surface area contributed by atoms with Gasteiger partial charge in [0.25, 0.3) is 5.91 Å². The molecule has 1 aliphatic rings. The summed E-state index contributed by atoms with van der Waals surface area (Å²) >= 11 is 4.41. The summed E-state index contributed by atoms with van der Waals surface area (Å²) in [5, 5.41) is 11.1. The monoisotopic (exact) mass is 461 g/mol. The first kappa shape index (κ1) is 21.1. The van der Waals surface area contributed by atoms with Gasteiger partial charge in [0, 0.05) is 11.9 Å². The number of hydrogen-bond acceptors (Lipinski definition) is 7. The summed E-state index contributed by atoms with van der Waals surface area (Å²) in [6.07, 6.45) is 4.79. The summed E-state index contributed by atoms with van der Waals surface area (Å²) < 4.78 is 1.93. The molecule has 30 heavy (non-hydrogen) atoms. The molecule has 2 amide bonds. The van der Waals surface area contributed by atoms with Crippen LogP contribution in [0, 0.1) is 5.92 Å². The molecule has 0 aromatic carbocycles. The van der Waals surface area contributed by atoms with Crippen LogP contribution in [0.4, 0.5) is 0 Å². The summed E-state index contributed by atoms with van der Waals surface area (Å²) in [6, 6.07) is 5.75. The van der Waals surface area contributed by atoms with Crippen LogP contribution in [-0.2, 0) is 24.7 Å². The number of amides is 2. The van der Waals surface area contributed by atoms with E-state index in [1.807, 2.05) is 17.0 Å². The molecule has 0 saturated carbocycles. The Bertz CT molecular complexity index is 1040. The average molecular weight is 462 g/mol. The Morgan fingerprint density at radius 3 is 2.97 bits per heavy atom. The van der Waals surface area contributed by atoms with Gasteiger partial charge in [-0.25, -0.2) is 0 Å². The second kappa shape index (κ2) is 9.32. The number of thiophene rings is 2. The van der Waals surface area contributed by atoms with Gasteiger partial charge in [0.05, 0.1) is 15.5 Å². The number of aromatic nitrogens is 3. The third-order valence-electron chi connectivity index (χ3n) is 5.21. The van der Waals surface area contributed by atoms with Gasteiger partial charge in [0.1, 0.15) is 0 Å². The number of thioether (sulfide) groups is 1. The molecule has 0 radical (unpaired) electrons. The quantitative estimate of drug-likeness (QED) is 0.432. The number of carbonyl (C=O) groups excluding carboxylic acids is 2. The Morgan fingerprint density at radius 2 is 2.20 bits per heavy atom. The van der Waals surface area contributed by atoms with Gasteiger partial charge in [0.15, 0.2) is 11.0 Å². The lowest BCUT2D eigenvalue weighted by atomic mass is 9.87. The largest absolute Gasteiger partial charge is 0.304 e. The Kier molecular flexibility index (Phi) is 6.55. The standard InChI is InChI=1S/C20H23N5O2S3/c1-3-12-6-7-14-13(9-12)10-16(30-14)18-22-24-20(25(18)2)29-11-17(26)21-23-19(27)15-5-4-8-28-15/h4-5,8,10,12H,3,6-7,9,11H2,1-2H3,(H,21,26)(H,23,27)/t12-/m0/s1. The van der Waals surface area contributed by atoms with Crippen molar-refractivity contribution in [2.24, 2.45) is 13.0 Å². The van der Waals surface area contributed by atoms with Crippen LogP contribution in [0.5, 0.6) is 0 Å². The number of hydrogen-bond donors (Lipinski definition) is 2. The smallest absolute Gasteiger partial charge is 0.279 e. The predicted molar refractivity (Wildman–Crippen MR) is 121 cm³/mol. The Balaban J connectivity index is 1.34. The molecule has 3 heterocycles. The van der Waals surface area contributed by atoms with Crippen molar-refractivity contribution in [2.45, 2.75) is 37.8 Å². The fourth-order valence-corrected chi connectivity index (χ4v) is 6.03. The SMILES string of the molecule is CC[C@H]1CCc2sc(-c3nnc(SCC(=O)NNC(=O)c4cccs4)n3C)cc2C1. The van der Waals surface area contributed by atoms with Gasteiger partial charge >= 0.3 is 0 Å². The van der Waals surface area contributed by atoms with E-state index in [-0.39, 0.29) is 17.6 Å². The summed E-state index contributed by atoms with van der Waals surface area (Å²) in [4.78, 5) is 27.1. The molecule has 158 valence electrons. The molecule has 0 unspecified atom stereocenters. The van der Waals surface area contributed by atoms with Gasteiger partial charge in [-0.2, -0.15) is 0 Å². The first-order valence-electron chi connectivity index (χ1n) is 9.82. The number of fused-ring (bicyclic) bond motifs is 1. The van der Waals surface area contributed by atoms with Crippen molar-refractivity contribution in [1.29, 1.82) is 0 Å². The van der Waals surface area contributed by atoms with Crippen molar-refractivity contribution < 1.29 is 9.59 Å². The second-order valence-corrected chi connectivity index (χ2v) is 10.2. The molecule has 0 bridgehead atoms. The van der Waals surface area contributed by atoms with Crippen molar-refractivity contribution in [3.8, 4) is 10.7 Å². The van der Waals surface area contributed by atoms with E-state index in [1.54, 1.807) is 23.5 Å². The molecule has 4 rings (SSSR count). The van der Waals surface area contributed by atoms with Crippen LogP contribution in [-0.4, -0.2) is 32.3 Å². The molecule has 0 saturated heterocycles. The van der Waals surface area contributed by atoms with Crippen molar-refractivity contribution in [2.75, 3.05) is 5.75 Å². The molecular formula is C20H23N5O2S3. The molecule has 1 atom stereocenters. The minimum absolute atomic E-state index is 0.135. The van der Waals surface area contributed by atoms with Gasteiger partial charge in [-0.1, -0.05) is 31.2 Å². The van der Waals surface area contributed by atoms with Crippen molar-refractivity contribution in [1.82, 2.24) is 25.6 Å². The molecule has 3 aromatic heterocycles. The van der Waals surface area contributed by atoms with Crippen LogP contribution in [0.25, 0.3) is 10.7 Å². The molecule has 0 spiro atoms. The van der Waals surface area contributed by atoms with Crippen LogP contribution in [0.1, 0.15) is 39.9 Å². The third-order valence-corrected chi connectivity index (χ3v) is 8.33. The highest BCUT2D eigenvalue weighted by Crippen LogP contribution is 2.37. The summed E-state index contributed by atoms with van der Waals surface area (Å²) in [5.41, 5.74) is 6.30. The highest BCUT2D eigenvalue weighted by Gasteiger charge is 2.22. The maximum atomic E-state index is 12.1. The molecule has 2 N–H and O–H groups in total. The van der Waals surface area contributed by atoms with E-state index in [2.05, 4.69) is 34.0 Å². The van der Waals surface area contributed by atoms with E-state index in [4.69, 9.17) is 0 Å². The summed E-state index contributed by atoms with van der Waals surface area (Å²) in [7, 11) is 1.92. The van der Waals surface area contributed by atoms with Crippen LogP contribution in [0.15, 0.2) is 28.7 Å². The van der Waals surface area contributed by atoms with Crippen molar-refractivity contribution in [3.63, 3.8) is 0 Å². The maximum Gasteiger partial charge on any atom is 0.279 e. The van der Waals surface area contributed by atoms with E-state index >= 15 is 0 Å². The fraction of sp³-hybridized carbons (Fsp3) is 0.400. The van der Waals surface area contributed by atoms with E-state index < -0.39 is 0 Å². The Morgan fingerprint density at radius 1 is 1.33 bits per heavy atom. The topological polar surface area (TPSA) is 88.9 Å². The van der Waals surface area contributed by atoms with Crippen LogP contribution in [0.2, 0.25) is 0 Å². The number of nitrogens with zero attached hydrogens (tertiary/aromatic N) is 3. The van der Waals surface area contributed by atoms with Gasteiger partial charge in [-0.15, -0.1) is 32.9 Å². The normalized spacial score (nSPS) is 15.6. The van der Waals surface area contributed by atoms with Crippen LogP contribution < -0.4 is 10.9 Å². The molecule has 0 aliphatic heterocycles. The Labute approximate surface area is 187 Å². The minimum Gasteiger partial charge on any atom is -0.304 e. The molecular weight excluding hydrogens is 438 g/mol. The predicted octanol–water partition coefficient (Wildman–Crippen LogP) is 3.67. The number of rotatable bonds is 6. The molecule has 7 nitrogen and oxygen atoms in total. The van der Waals surface area contributed by atoms with Gasteiger partial charge in [-0.05, 0) is 48.3 Å². The lowest BCUT2D eigenvalue weighted by Crippen LogP contribution is -2.42. The zero-order chi connectivity index (χ0) is 21.1. The molecule has 0 fully saturated rings. The number of aryl methyl sites for hydroxylation is 1. The number of hydrazine groups is 1. The summed E-state index contributed by atoms with van der Waals surface area (Å²) in [5.74, 6) is 1.12. The van der Waals surface area contributed by atoms with Crippen LogP contribution >= 0.6 is 34.4 Å². The van der Waals surface area contributed by atoms with Gasteiger partial charge < -0.3 is 4.57 Å². The second-order valence-electron chi connectivity index (χ2n) is 7.21. The lowest BCUT2D eigenvalue weighted by molar-refractivity contribution is -0.119. The summed E-state index contributed by atoms with van der Waals surface area (Å²) in [6.45, 7) is 2.26. The highest BCUT2D eigenvalue weighted by molar-refractivity contribution is 7.99. The lowest BCUT2D eigenvalue weighted by Gasteiger charge is -2.19. The minimum atomic E-state index is -0.323. The number of carbonyl (C=O) groups is 2. The van der Waals surface area contributed by atoms with Crippen molar-refractivity contribution in [3.05, 3.63) is 38.9 Å². The zero-order valence-corrected chi connectivity index (χ0v) is 19.3. The van der Waals surface area contributed by atoms with Crippen molar-refractivity contribution >= 4 is 46.2 Å². The van der Waals surface area contributed by atoms with E-state index in [0.717, 1.165) is 29.5 Å². The third kappa shape index (κ3) is 4.60. The molecule has 10 heteroatoms. The maximum absolute atomic E-state index is 12.1. The number of nitrogens with one attached hydrogen (secondary N) is 2. The highest BCUT2D eigenvalue weighted by atomic mass is 32.2. The van der Waals surface area contributed by atoms with Gasteiger partial charge in [-0.3, -0.25) is 20.4 Å². The molecule has 1 aliphatic carbocycles. The van der Waals surface area contributed by atoms with E-state index in [0.29, 0.717) is 10.0 Å². The average Bonchev–Trinajstić information content (AvgIpc) is 3.49. The van der Waals surface area contributed by atoms with E-state index in [9.17, 15) is 9.59 Å². The van der Waals surface area contributed by atoms with E-state index in [1.165, 1.54) is 46.4 Å². The van der Waals surface area contributed by atoms with Crippen LogP contribution in [0.3, 0.4) is 0 Å². The first-order chi connectivity index (χ1) is 14.5. The Hall–Kier alpha value is -2.17. The first-order valence-corrected chi connectivity index (χ1v) is 12.5. The zero-order valence-electron chi connectivity index (χ0n) is 16.8.